The van der Waals surface area contributed by atoms with Crippen molar-refractivity contribution < 1.29 is 17.9 Å². The fraction of sp³-hybridized carbons (Fsp3) is 0.100. The van der Waals surface area contributed by atoms with Crippen molar-refractivity contribution in [3.8, 4) is 0 Å². The van der Waals surface area contributed by atoms with Crippen LogP contribution < -0.4 is 9.62 Å². The zero-order chi connectivity index (χ0) is 20.1. The Morgan fingerprint density at radius 1 is 1.21 bits per heavy atom. The van der Waals surface area contributed by atoms with Crippen molar-refractivity contribution in [1.82, 2.24) is 10.3 Å². The maximum Gasteiger partial charge on any atom is 0.251 e. The second kappa shape index (κ2) is 8.73. The Bertz CT molecular complexity index is 997. The van der Waals surface area contributed by atoms with Crippen molar-refractivity contribution in [3.05, 3.63) is 89.5 Å². The van der Waals surface area contributed by atoms with E-state index < -0.39 is 17.1 Å². The maximum absolute atomic E-state index is 13.2. The highest BCUT2D eigenvalue weighted by atomic mass is 32.2. The van der Waals surface area contributed by atoms with Gasteiger partial charge in [-0.1, -0.05) is 12.1 Å². The molecule has 2 aromatic carbocycles. The molecule has 0 aliphatic rings. The first-order chi connectivity index (χ1) is 13.5. The molecule has 1 amide bonds. The van der Waals surface area contributed by atoms with Crippen LogP contribution in [0.25, 0.3) is 0 Å². The number of benzene rings is 2. The molecule has 0 bridgehead atoms. The summed E-state index contributed by atoms with van der Waals surface area (Å²) in [4.78, 5) is 16.5. The topological polar surface area (TPSA) is 85.4 Å². The lowest BCUT2D eigenvalue weighted by molar-refractivity contribution is 0.0951. The Morgan fingerprint density at radius 2 is 1.96 bits per heavy atom. The van der Waals surface area contributed by atoms with Crippen molar-refractivity contribution >= 4 is 28.5 Å². The van der Waals surface area contributed by atoms with Gasteiger partial charge in [0.05, 0.1) is 22.6 Å². The van der Waals surface area contributed by atoms with Crippen molar-refractivity contribution in [2.45, 2.75) is 13.5 Å². The molecule has 1 N–H and O–H groups in total. The maximum atomic E-state index is 13.2. The van der Waals surface area contributed by atoms with Crippen LogP contribution in [0.2, 0.25) is 0 Å². The molecule has 0 saturated heterocycles. The number of nitrogens with one attached hydrogen (secondary N) is 1. The number of carbonyl (C=O) groups is 1. The first kappa shape index (κ1) is 19.7. The van der Waals surface area contributed by atoms with Crippen LogP contribution in [0, 0.1) is 12.7 Å². The Hall–Kier alpha value is -3.10. The Kier molecular flexibility index (Phi) is 6.13. The number of aromatic nitrogens is 1. The standard InChI is InChI=1S/C20H18FN3O3S/c1-14-4-5-16(20(25)23-13-15-3-2-10-22-12-15)11-19(14)24(28(26)27)18-8-6-17(21)7-9-18/h2-12H,13H2,1H3,(H,23,25)(H,26,27)/p-1. The third-order valence-electron chi connectivity index (χ3n) is 4.08. The lowest BCUT2D eigenvalue weighted by Gasteiger charge is -2.28. The molecule has 3 rings (SSSR count). The molecule has 0 aliphatic heterocycles. The van der Waals surface area contributed by atoms with Gasteiger partial charge in [0, 0.05) is 24.5 Å². The van der Waals surface area contributed by atoms with Gasteiger partial charge in [-0.25, -0.2) is 4.39 Å². The molecule has 6 nitrogen and oxygen atoms in total. The molecule has 144 valence electrons. The summed E-state index contributed by atoms with van der Waals surface area (Å²) in [6.45, 7) is 2.03. The number of hydrogen-bond donors (Lipinski definition) is 1. The molecule has 1 heterocycles. The van der Waals surface area contributed by atoms with Crippen molar-refractivity contribution in [3.63, 3.8) is 0 Å². The molecule has 0 saturated carbocycles. The molecule has 28 heavy (non-hydrogen) atoms. The Labute approximate surface area is 164 Å². The largest absolute Gasteiger partial charge is 0.755 e. The van der Waals surface area contributed by atoms with Gasteiger partial charge >= 0.3 is 0 Å². The monoisotopic (exact) mass is 398 g/mol. The zero-order valence-corrected chi connectivity index (χ0v) is 15.8. The van der Waals surface area contributed by atoms with Crippen molar-refractivity contribution in [1.29, 1.82) is 0 Å². The highest BCUT2D eigenvalue weighted by Crippen LogP contribution is 2.30. The van der Waals surface area contributed by atoms with Gasteiger partial charge in [-0.05, 0) is 60.5 Å². The van der Waals surface area contributed by atoms with Gasteiger partial charge in [0.2, 0.25) is 0 Å². The summed E-state index contributed by atoms with van der Waals surface area (Å²) in [6.07, 6.45) is 3.29. The van der Waals surface area contributed by atoms with Gasteiger partial charge < -0.3 is 9.87 Å². The van der Waals surface area contributed by atoms with Gasteiger partial charge in [-0.3, -0.25) is 18.3 Å². The Morgan fingerprint density at radius 3 is 2.61 bits per heavy atom. The van der Waals surface area contributed by atoms with E-state index in [0.29, 0.717) is 23.4 Å². The van der Waals surface area contributed by atoms with E-state index in [0.717, 1.165) is 9.87 Å². The third-order valence-corrected chi connectivity index (χ3v) is 4.78. The number of rotatable bonds is 6. The molecule has 0 fully saturated rings. The Balaban J connectivity index is 1.87. The highest BCUT2D eigenvalue weighted by molar-refractivity contribution is 7.81. The lowest BCUT2D eigenvalue weighted by atomic mass is 10.1. The molecule has 0 aliphatic carbocycles. The van der Waals surface area contributed by atoms with Crippen LogP contribution in [0.1, 0.15) is 21.5 Å². The molecule has 1 atom stereocenters. The number of amides is 1. The van der Waals surface area contributed by atoms with E-state index in [4.69, 9.17) is 0 Å². The quantitative estimate of drug-likeness (QED) is 0.645. The van der Waals surface area contributed by atoms with E-state index in [2.05, 4.69) is 10.3 Å². The summed E-state index contributed by atoms with van der Waals surface area (Å²) in [5.41, 5.74) is 2.39. The summed E-state index contributed by atoms with van der Waals surface area (Å²) in [7, 11) is 0. The van der Waals surface area contributed by atoms with Crippen LogP contribution in [0.15, 0.2) is 67.0 Å². The summed E-state index contributed by atoms with van der Waals surface area (Å²) >= 11 is -2.66. The van der Waals surface area contributed by atoms with Gasteiger partial charge in [0.15, 0.2) is 0 Å². The molecular weight excluding hydrogens is 381 g/mol. The molecule has 8 heteroatoms. The SMILES string of the molecule is Cc1ccc(C(=O)NCc2cccnc2)cc1N(c1ccc(F)cc1)S(=O)[O-]. The van der Waals surface area contributed by atoms with E-state index in [1.807, 2.05) is 6.07 Å². The predicted molar refractivity (Wildman–Crippen MR) is 104 cm³/mol. The van der Waals surface area contributed by atoms with E-state index >= 15 is 0 Å². The molecule has 1 unspecified atom stereocenters. The first-order valence-corrected chi connectivity index (χ1v) is 9.41. The minimum atomic E-state index is -2.66. The first-order valence-electron chi connectivity index (χ1n) is 8.38. The number of aryl methyl sites for hydroxylation is 1. The van der Waals surface area contributed by atoms with Crippen LogP contribution in [0.5, 0.6) is 0 Å². The number of carbonyl (C=O) groups excluding carboxylic acids is 1. The summed E-state index contributed by atoms with van der Waals surface area (Å²) in [5.74, 6) is -0.818. The van der Waals surface area contributed by atoms with Crippen LogP contribution in [0.4, 0.5) is 15.8 Å². The second-order valence-corrected chi connectivity index (χ2v) is 6.83. The fourth-order valence-corrected chi connectivity index (χ4v) is 3.29. The van der Waals surface area contributed by atoms with Crippen molar-refractivity contribution in [2.75, 3.05) is 4.31 Å². The number of halogens is 1. The number of anilines is 2. The molecular formula is C20H17FN3O3S-. The molecule has 0 spiro atoms. The zero-order valence-electron chi connectivity index (χ0n) is 15.0. The summed E-state index contributed by atoms with van der Waals surface area (Å²) < 4.78 is 37.9. The van der Waals surface area contributed by atoms with Crippen LogP contribution >= 0.6 is 0 Å². The number of pyridine rings is 1. The second-order valence-electron chi connectivity index (χ2n) is 6.03. The average molecular weight is 398 g/mol. The number of nitrogens with zero attached hydrogens (tertiary/aromatic N) is 2. The van der Waals surface area contributed by atoms with E-state index in [-0.39, 0.29) is 11.6 Å². The van der Waals surface area contributed by atoms with Crippen molar-refractivity contribution in [2.24, 2.45) is 0 Å². The fourth-order valence-electron chi connectivity index (χ4n) is 2.64. The lowest BCUT2D eigenvalue weighted by Crippen LogP contribution is -2.24. The van der Waals surface area contributed by atoms with Gasteiger partial charge in [-0.15, -0.1) is 0 Å². The van der Waals surface area contributed by atoms with Crippen LogP contribution in [-0.4, -0.2) is 19.7 Å². The van der Waals surface area contributed by atoms with Crippen LogP contribution in [0.3, 0.4) is 0 Å². The average Bonchev–Trinajstić information content (AvgIpc) is 2.70. The third kappa shape index (κ3) is 4.59. The number of hydrogen-bond acceptors (Lipinski definition) is 4. The minimum Gasteiger partial charge on any atom is -0.755 e. The molecule has 0 radical (unpaired) electrons. The summed E-state index contributed by atoms with van der Waals surface area (Å²) in [6, 6.07) is 13.5. The van der Waals surface area contributed by atoms with E-state index in [9.17, 15) is 17.9 Å². The highest BCUT2D eigenvalue weighted by Gasteiger charge is 2.16. The summed E-state index contributed by atoms with van der Waals surface area (Å²) in [5, 5.41) is 2.78. The van der Waals surface area contributed by atoms with Gasteiger partial charge in [-0.2, -0.15) is 0 Å². The molecule has 1 aromatic heterocycles. The minimum absolute atomic E-state index is 0.269. The smallest absolute Gasteiger partial charge is 0.251 e. The van der Waals surface area contributed by atoms with E-state index in [1.54, 1.807) is 37.5 Å². The molecule has 3 aromatic rings. The van der Waals surface area contributed by atoms with Gasteiger partial charge in [0.1, 0.15) is 5.82 Å². The van der Waals surface area contributed by atoms with Crippen LogP contribution in [-0.2, 0) is 17.8 Å². The normalized spacial score (nSPS) is 11.7. The van der Waals surface area contributed by atoms with E-state index in [1.165, 1.54) is 30.3 Å². The van der Waals surface area contributed by atoms with Gasteiger partial charge in [0.25, 0.3) is 5.91 Å². The predicted octanol–water partition coefficient (Wildman–Crippen LogP) is 3.39.